The molecule has 1 heterocycles. The molecule has 1 aromatic carbocycles. The van der Waals surface area contributed by atoms with Gasteiger partial charge in [-0.1, -0.05) is 0 Å². The Balaban J connectivity index is 2.28. The van der Waals surface area contributed by atoms with E-state index < -0.39 is 17.5 Å². The van der Waals surface area contributed by atoms with Gasteiger partial charge >= 0.3 is 0 Å². The lowest BCUT2D eigenvalue weighted by Crippen LogP contribution is -2.06. The molecule has 2 N–H and O–H groups in total. The van der Waals surface area contributed by atoms with E-state index in [1.165, 1.54) is 24.3 Å². The van der Waals surface area contributed by atoms with Gasteiger partial charge in [-0.05, 0) is 31.2 Å². The summed E-state index contributed by atoms with van der Waals surface area (Å²) in [4.78, 5) is 3.81. The molecule has 2 aromatic rings. The van der Waals surface area contributed by atoms with Crippen LogP contribution in [0.2, 0.25) is 0 Å². The van der Waals surface area contributed by atoms with Crippen LogP contribution in [0.1, 0.15) is 6.92 Å². The summed E-state index contributed by atoms with van der Waals surface area (Å²) in [6, 6.07) is 6.08. The fourth-order valence-corrected chi connectivity index (χ4v) is 1.52. The normalized spacial score (nSPS) is 10.3. The molecule has 2 rings (SSSR count). The quantitative estimate of drug-likeness (QED) is 0.887. The first-order valence-electron chi connectivity index (χ1n) is 5.72. The number of rotatable bonds is 4. The lowest BCUT2D eigenvalue weighted by molar-refractivity contribution is 0.579. The molecule has 0 spiro atoms. The number of anilines is 3. The first kappa shape index (κ1) is 13.2. The van der Waals surface area contributed by atoms with Crippen LogP contribution >= 0.6 is 0 Å². The summed E-state index contributed by atoms with van der Waals surface area (Å²) in [6.07, 6.45) is 0. The highest BCUT2D eigenvalue weighted by molar-refractivity contribution is 5.58. The highest BCUT2D eigenvalue weighted by Crippen LogP contribution is 2.22. The van der Waals surface area contributed by atoms with E-state index in [0.29, 0.717) is 12.2 Å². The van der Waals surface area contributed by atoms with E-state index in [-0.39, 0.29) is 11.6 Å². The van der Waals surface area contributed by atoms with Gasteiger partial charge in [0.25, 0.3) is 0 Å². The Morgan fingerprint density at radius 2 is 1.63 bits per heavy atom. The Kier molecular flexibility index (Phi) is 3.89. The van der Waals surface area contributed by atoms with Gasteiger partial charge in [0.1, 0.15) is 5.82 Å². The average Bonchev–Trinajstić information content (AvgIpc) is 2.38. The molecule has 0 aliphatic heterocycles. The maximum absolute atomic E-state index is 13.6. The molecule has 0 radical (unpaired) electrons. The molecule has 0 unspecified atom stereocenters. The highest BCUT2D eigenvalue weighted by atomic mass is 19.1. The summed E-state index contributed by atoms with van der Waals surface area (Å²) < 4.78 is 39.7. The molecule has 0 aliphatic carbocycles. The molecular formula is C13H12F3N3. The number of halogens is 3. The minimum absolute atomic E-state index is 0.0338. The topological polar surface area (TPSA) is 37.0 Å². The Morgan fingerprint density at radius 3 is 2.26 bits per heavy atom. The summed E-state index contributed by atoms with van der Waals surface area (Å²) >= 11 is 0. The maximum Gasteiger partial charge on any atom is 0.169 e. The van der Waals surface area contributed by atoms with E-state index in [9.17, 15) is 13.2 Å². The van der Waals surface area contributed by atoms with Crippen molar-refractivity contribution in [3.8, 4) is 0 Å². The minimum atomic E-state index is -0.816. The molecular weight excluding hydrogens is 255 g/mol. The predicted molar refractivity (Wildman–Crippen MR) is 68.0 cm³/mol. The van der Waals surface area contributed by atoms with Crippen molar-refractivity contribution < 1.29 is 13.2 Å². The zero-order valence-corrected chi connectivity index (χ0v) is 10.2. The van der Waals surface area contributed by atoms with E-state index in [1.807, 2.05) is 0 Å². The molecule has 6 heteroatoms. The molecule has 0 fully saturated rings. The van der Waals surface area contributed by atoms with Gasteiger partial charge in [-0.3, -0.25) is 0 Å². The number of benzene rings is 1. The Hall–Kier alpha value is -2.24. The van der Waals surface area contributed by atoms with Crippen LogP contribution in [-0.2, 0) is 0 Å². The summed E-state index contributed by atoms with van der Waals surface area (Å²) in [6.45, 7) is 2.24. The van der Waals surface area contributed by atoms with Gasteiger partial charge in [-0.15, -0.1) is 0 Å². The van der Waals surface area contributed by atoms with Crippen molar-refractivity contribution in [2.75, 3.05) is 17.2 Å². The Morgan fingerprint density at radius 1 is 1.00 bits per heavy atom. The van der Waals surface area contributed by atoms with Gasteiger partial charge in [0.2, 0.25) is 0 Å². The van der Waals surface area contributed by atoms with Gasteiger partial charge in [-0.25, -0.2) is 18.2 Å². The molecule has 1 aromatic heterocycles. The maximum atomic E-state index is 13.6. The number of hydrogen-bond acceptors (Lipinski definition) is 3. The van der Waals surface area contributed by atoms with Crippen molar-refractivity contribution in [1.29, 1.82) is 0 Å². The smallest absolute Gasteiger partial charge is 0.169 e. The van der Waals surface area contributed by atoms with Crippen LogP contribution in [0, 0.1) is 17.5 Å². The molecule has 0 bridgehead atoms. The lowest BCUT2D eigenvalue weighted by Gasteiger charge is -2.10. The van der Waals surface area contributed by atoms with Crippen LogP contribution in [-0.4, -0.2) is 11.5 Å². The van der Waals surface area contributed by atoms with E-state index in [4.69, 9.17) is 0 Å². The number of nitrogens with zero attached hydrogens (tertiary/aromatic N) is 1. The number of hydrogen-bond donors (Lipinski definition) is 2. The van der Waals surface area contributed by atoms with Crippen LogP contribution in [0.4, 0.5) is 30.5 Å². The van der Waals surface area contributed by atoms with Crippen LogP contribution < -0.4 is 10.6 Å². The number of pyridine rings is 1. The summed E-state index contributed by atoms with van der Waals surface area (Å²) in [5.74, 6) is -2.13. The molecule has 0 amide bonds. The fraction of sp³-hybridized carbons (Fsp3) is 0.154. The van der Waals surface area contributed by atoms with E-state index in [0.717, 1.165) is 6.07 Å². The Labute approximate surface area is 108 Å². The van der Waals surface area contributed by atoms with Crippen LogP contribution in [0.3, 0.4) is 0 Å². The summed E-state index contributed by atoms with van der Waals surface area (Å²) in [5.41, 5.74) is 0.460. The second-order valence-corrected chi connectivity index (χ2v) is 3.81. The first-order chi connectivity index (χ1) is 9.10. The summed E-state index contributed by atoms with van der Waals surface area (Å²) in [7, 11) is 0. The van der Waals surface area contributed by atoms with Gasteiger partial charge in [0.05, 0.1) is 0 Å². The van der Waals surface area contributed by atoms with E-state index in [1.54, 1.807) is 6.92 Å². The summed E-state index contributed by atoms with van der Waals surface area (Å²) in [5, 5.41) is 5.35. The minimum Gasteiger partial charge on any atom is -0.368 e. The molecule has 0 saturated heterocycles. The van der Waals surface area contributed by atoms with E-state index >= 15 is 0 Å². The first-order valence-corrected chi connectivity index (χ1v) is 5.72. The van der Waals surface area contributed by atoms with Crippen molar-refractivity contribution in [1.82, 2.24) is 4.98 Å². The zero-order valence-electron chi connectivity index (χ0n) is 10.2. The van der Waals surface area contributed by atoms with Crippen molar-refractivity contribution in [3.63, 3.8) is 0 Å². The molecule has 100 valence electrons. The second-order valence-electron chi connectivity index (χ2n) is 3.81. The fourth-order valence-electron chi connectivity index (χ4n) is 1.52. The van der Waals surface area contributed by atoms with Crippen molar-refractivity contribution >= 4 is 17.3 Å². The number of aromatic nitrogens is 1. The van der Waals surface area contributed by atoms with E-state index in [2.05, 4.69) is 15.6 Å². The largest absolute Gasteiger partial charge is 0.368 e. The average molecular weight is 267 g/mol. The molecule has 0 atom stereocenters. The van der Waals surface area contributed by atoms with Gasteiger partial charge < -0.3 is 10.6 Å². The SMILES string of the molecule is CCNc1nc(Nc2ccc(F)cc2)c(F)cc1F. The Bertz CT molecular complexity index is 570. The van der Waals surface area contributed by atoms with Gasteiger partial charge in [0, 0.05) is 18.3 Å². The second kappa shape index (κ2) is 5.60. The van der Waals surface area contributed by atoms with Gasteiger partial charge in [-0.2, -0.15) is 0 Å². The molecule has 3 nitrogen and oxygen atoms in total. The van der Waals surface area contributed by atoms with Crippen LogP contribution in [0.25, 0.3) is 0 Å². The standard InChI is InChI=1S/C13H12F3N3/c1-2-17-12-10(15)7-11(16)13(19-12)18-9-5-3-8(14)4-6-9/h3-7H,2H2,1H3,(H2,17,18,19). The monoisotopic (exact) mass is 267 g/mol. The molecule has 0 saturated carbocycles. The van der Waals surface area contributed by atoms with Crippen LogP contribution in [0.15, 0.2) is 30.3 Å². The van der Waals surface area contributed by atoms with Crippen molar-refractivity contribution in [2.24, 2.45) is 0 Å². The number of nitrogens with one attached hydrogen (secondary N) is 2. The zero-order chi connectivity index (χ0) is 13.8. The lowest BCUT2D eigenvalue weighted by atomic mass is 10.3. The molecule has 19 heavy (non-hydrogen) atoms. The van der Waals surface area contributed by atoms with Crippen molar-refractivity contribution in [3.05, 3.63) is 47.8 Å². The highest BCUT2D eigenvalue weighted by Gasteiger charge is 2.11. The van der Waals surface area contributed by atoms with Crippen molar-refractivity contribution in [2.45, 2.75) is 6.92 Å². The van der Waals surface area contributed by atoms with Crippen LogP contribution in [0.5, 0.6) is 0 Å². The third-order valence-electron chi connectivity index (χ3n) is 2.38. The third kappa shape index (κ3) is 3.15. The third-order valence-corrected chi connectivity index (χ3v) is 2.38. The molecule has 0 aliphatic rings. The predicted octanol–water partition coefficient (Wildman–Crippen LogP) is 3.67. The van der Waals surface area contributed by atoms with Gasteiger partial charge in [0.15, 0.2) is 23.3 Å².